The summed E-state index contributed by atoms with van der Waals surface area (Å²) in [5.41, 5.74) is 1.61. The van der Waals surface area contributed by atoms with Gasteiger partial charge >= 0.3 is 5.97 Å². The quantitative estimate of drug-likeness (QED) is 0.687. The number of nitrogens with zero attached hydrogens (tertiary/aromatic N) is 3. The van der Waals surface area contributed by atoms with Crippen molar-refractivity contribution in [3.8, 4) is 22.9 Å². The van der Waals surface area contributed by atoms with Crippen LogP contribution in [-0.4, -0.2) is 41.9 Å². The Bertz CT molecular complexity index is 873. The molecule has 7 nitrogen and oxygen atoms in total. The standard InChI is InChI=1S/C16H15N3O4/c1-21-12-8-7-10(9-13(12)22-2)15-17-14-6-4-5-11(16(20)23-3)19(14)18-15/h4-9H,1-3H3. The second kappa shape index (κ2) is 5.96. The number of pyridine rings is 1. The summed E-state index contributed by atoms with van der Waals surface area (Å²) in [4.78, 5) is 16.2. The fraction of sp³-hybridized carbons (Fsp3) is 0.188. The number of hydrogen-bond acceptors (Lipinski definition) is 6. The molecule has 0 bridgehead atoms. The van der Waals surface area contributed by atoms with Crippen molar-refractivity contribution in [3.63, 3.8) is 0 Å². The van der Waals surface area contributed by atoms with Gasteiger partial charge in [-0.15, -0.1) is 5.10 Å². The molecule has 0 atom stereocenters. The van der Waals surface area contributed by atoms with Gasteiger partial charge in [0.1, 0.15) is 0 Å². The summed E-state index contributed by atoms with van der Waals surface area (Å²) < 4.78 is 16.7. The maximum Gasteiger partial charge on any atom is 0.356 e. The van der Waals surface area contributed by atoms with Gasteiger partial charge in [-0.25, -0.2) is 14.3 Å². The summed E-state index contributed by atoms with van der Waals surface area (Å²) in [6, 6.07) is 10.5. The van der Waals surface area contributed by atoms with Crippen LogP contribution in [0.5, 0.6) is 11.5 Å². The van der Waals surface area contributed by atoms with Crippen LogP contribution < -0.4 is 9.47 Å². The summed E-state index contributed by atoms with van der Waals surface area (Å²) in [6.07, 6.45) is 0. The molecule has 0 N–H and O–H groups in total. The molecule has 2 aromatic heterocycles. The first-order valence-electron chi connectivity index (χ1n) is 6.84. The van der Waals surface area contributed by atoms with E-state index in [9.17, 15) is 4.79 Å². The number of benzene rings is 1. The Balaban J connectivity index is 2.12. The van der Waals surface area contributed by atoms with Crippen LogP contribution in [0.15, 0.2) is 36.4 Å². The lowest BCUT2D eigenvalue weighted by atomic mass is 10.2. The molecule has 0 aliphatic heterocycles. The van der Waals surface area contributed by atoms with Crippen molar-refractivity contribution in [2.75, 3.05) is 21.3 Å². The number of rotatable bonds is 4. The Morgan fingerprint density at radius 1 is 1.04 bits per heavy atom. The molecule has 0 spiro atoms. The molecule has 3 rings (SSSR count). The van der Waals surface area contributed by atoms with Crippen molar-refractivity contribution in [3.05, 3.63) is 42.1 Å². The van der Waals surface area contributed by atoms with Crippen LogP contribution in [0.3, 0.4) is 0 Å². The zero-order valence-electron chi connectivity index (χ0n) is 12.9. The average molecular weight is 313 g/mol. The van der Waals surface area contributed by atoms with E-state index in [1.165, 1.54) is 11.6 Å². The Morgan fingerprint density at radius 3 is 2.52 bits per heavy atom. The van der Waals surface area contributed by atoms with Gasteiger partial charge in [-0.05, 0) is 30.3 Å². The number of fused-ring (bicyclic) bond motifs is 1. The molecule has 0 saturated heterocycles. The SMILES string of the molecule is COC(=O)c1cccc2nc(-c3ccc(OC)c(OC)c3)nn12. The maximum atomic E-state index is 11.8. The molecule has 0 aliphatic rings. The monoisotopic (exact) mass is 313 g/mol. The molecule has 23 heavy (non-hydrogen) atoms. The molecule has 0 amide bonds. The number of hydrogen-bond donors (Lipinski definition) is 0. The Hall–Kier alpha value is -3.09. The number of carbonyl (C=O) groups is 1. The number of carbonyl (C=O) groups excluding carboxylic acids is 1. The van der Waals surface area contributed by atoms with Crippen LogP contribution in [0.4, 0.5) is 0 Å². The summed E-state index contributed by atoms with van der Waals surface area (Å²) >= 11 is 0. The predicted octanol–water partition coefficient (Wildman–Crippen LogP) is 2.20. The third-order valence-corrected chi connectivity index (χ3v) is 3.40. The largest absolute Gasteiger partial charge is 0.493 e. The molecular weight excluding hydrogens is 298 g/mol. The van der Waals surface area contributed by atoms with Gasteiger partial charge in [0.2, 0.25) is 0 Å². The summed E-state index contributed by atoms with van der Waals surface area (Å²) in [7, 11) is 4.46. The van der Waals surface area contributed by atoms with Crippen molar-refractivity contribution in [1.82, 2.24) is 14.6 Å². The molecule has 1 aromatic carbocycles. The lowest BCUT2D eigenvalue weighted by Gasteiger charge is -2.07. The first-order chi connectivity index (χ1) is 11.2. The van der Waals surface area contributed by atoms with E-state index in [0.717, 1.165) is 5.56 Å². The maximum absolute atomic E-state index is 11.8. The van der Waals surface area contributed by atoms with Crippen LogP contribution in [0.1, 0.15) is 10.5 Å². The minimum absolute atomic E-state index is 0.309. The van der Waals surface area contributed by atoms with Crippen molar-refractivity contribution in [2.24, 2.45) is 0 Å². The lowest BCUT2D eigenvalue weighted by molar-refractivity contribution is 0.0591. The second-order valence-corrected chi connectivity index (χ2v) is 4.68. The highest BCUT2D eigenvalue weighted by Crippen LogP contribution is 2.31. The number of ether oxygens (including phenoxy) is 3. The molecule has 118 valence electrons. The van der Waals surface area contributed by atoms with E-state index in [4.69, 9.17) is 14.2 Å². The fourth-order valence-corrected chi connectivity index (χ4v) is 2.26. The van der Waals surface area contributed by atoms with E-state index < -0.39 is 5.97 Å². The van der Waals surface area contributed by atoms with E-state index >= 15 is 0 Å². The Labute approximate surface area is 132 Å². The number of esters is 1. The van der Waals surface area contributed by atoms with Crippen molar-refractivity contribution < 1.29 is 19.0 Å². The molecule has 0 unspecified atom stereocenters. The highest BCUT2D eigenvalue weighted by molar-refractivity contribution is 5.88. The van der Waals surface area contributed by atoms with Crippen LogP contribution in [-0.2, 0) is 4.74 Å². The minimum Gasteiger partial charge on any atom is -0.493 e. The third kappa shape index (κ3) is 2.57. The second-order valence-electron chi connectivity index (χ2n) is 4.68. The molecule has 0 radical (unpaired) electrons. The molecule has 0 saturated carbocycles. The van der Waals surface area contributed by atoms with Gasteiger partial charge in [-0.3, -0.25) is 0 Å². The highest BCUT2D eigenvalue weighted by atomic mass is 16.5. The Morgan fingerprint density at radius 2 is 1.83 bits per heavy atom. The number of aromatic nitrogens is 3. The smallest absolute Gasteiger partial charge is 0.356 e. The van der Waals surface area contributed by atoms with Crippen molar-refractivity contribution in [2.45, 2.75) is 0 Å². The summed E-state index contributed by atoms with van der Waals surface area (Å²) in [6.45, 7) is 0. The third-order valence-electron chi connectivity index (χ3n) is 3.40. The normalized spacial score (nSPS) is 10.6. The lowest BCUT2D eigenvalue weighted by Crippen LogP contribution is -2.08. The first kappa shape index (κ1) is 14.8. The van der Waals surface area contributed by atoms with Gasteiger partial charge in [0.15, 0.2) is 28.7 Å². The highest BCUT2D eigenvalue weighted by Gasteiger charge is 2.15. The van der Waals surface area contributed by atoms with Crippen molar-refractivity contribution in [1.29, 1.82) is 0 Å². The van der Waals surface area contributed by atoms with E-state index in [0.29, 0.717) is 28.7 Å². The van der Waals surface area contributed by atoms with Gasteiger partial charge < -0.3 is 14.2 Å². The van der Waals surface area contributed by atoms with Gasteiger partial charge in [0.25, 0.3) is 0 Å². The van der Waals surface area contributed by atoms with E-state index in [-0.39, 0.29) is 0 Å². The zero-order chi connectivity index (χ0) is 16.4. The summed E-state index contributed by atoms with van der Waals surface area (Å²) in [5.74, 6) is 1.20. The van der Waals surface area contributed by atoms with E-state index in [2.05, 4.69) is 10.1 Å². The zero-order valence-corrected chi connectivity index (χ0v) is 12.9. The first-order valence-corrected chi connectivity index (χ1v) is 6.84. The average Bonchev–Trinajstić information content (AvgIpc) is 3.04. The van der Waals surface area contributed by atoms with Crippen molar-refractivity contribution >= 4 is 11.6 Å². The molecule has 3 aromatic rings. The van der Waals surface area contributed by atoms with Gasteiger partial charge in [0, 0.05) is 5.56 Å². The minimum atomic E-state index is -0.473. The van der Waals surface area contributed by atoms with Crippen LogP contribution >= 0.6 is 0 Å². The van der Waals surface area contributed by atoms with E-state index in [1.54, 1.807) is 44.6 Å². The van der Waals surface area contributed by atoms with E-state index in [1.807, 2.05) is 6.07 Å². The summed E-state index contributed by atoms with van der Waals surface area (Å²) in [5, 5.41) is 4.39. The number of methoxy groups -OCH3 is 3. The molecule has 7 heteroatoms. The molecule has 0 fully saturated rings. The van der Waals surface area contributed by atoms with Crippen LogP contribution in [0, 0.1) is 0 Å². The van der Waals surface area contributed by atoms with Crippen LogP contribution in [0.25, 0.3) is 17.0 Å². The fourth-order valence-electron chi connectivity index (χ4n) is 2.26. The Kier molecular flexibility index (Phi) is 3.84. The van der Waals surface area contributed by atoms with Gasteiger partial charge in [0.05, 0.1) is 21.3 Å². The molecular formula is C16H15N3O4. The van der Waals surface area contributed by atoms with Gasteiger partial charge in [-0.1, -0.05) is 6.07 Å². The van der Waals surface area contributed by atoms with Gasteiger partial charge in [-0.2, -0.15) is 0 Å². The predicted molar refractivity (Wildman–Crippen MR) is 82.9 cm³/mol. The molecule has 0 aliphatic carbocycles. The van der Waals surface area contributed by atoms with Crippen LogP contribution in [0.2, 0.25) is 0 Å². The topological polar surface area (TPSA) is 75.0 Å². The molecule has 2 heterocycles.